The third kappa shape index (κ3) is 2.50. The Morgan fingerprint density at radius 3 is 2.65 bits per heavy atom. The van der Waals surface area contributed by atoms with Crippen LogP contribution in [0.25, 0.3) is 10.6 Å². The zero-order chi connectivity index (χ0) is 14.1. The summed E-state index contributed by atoms with van der Waals surface area (Å²) in [6, 6.07) is 6.03. The van der Waals surface area contributed by atoms with Crippen molar-refractivity contribution in [3.05, 3.63) is 28.8 Å². The number of thiophene rings is 1. The van der Waals surface area contributed by atoms with Gasteiger partial charge in [0.05, 0.1) is 21.1 Å². The van der Waals surface area contributed by atoms with Crippen molar-refractivity contribution in [2.24, 2.45) is 7.05 Å². The number of hydrogen-bond acceptors (Lipinski definition) is 3. The van der Waals surface area contributed by atoms with E-state index in [1.807, 2.05) is 35.7 Å². The van der Waals surface area contributed by atoms with Gasteiger partial charge in [0.25, 0.3) is 5.91 Å². The SMILES string of the molecule is Cc1cc(-c2ccc(C(=O)N3CCCCC3)s2)n(C)n1. The highest BCUT2D eigenvalue weighted by atomic mass is 32.1. The lowest BCUT2D eigenvalue weighted by molar-refractivity contribution is 0.0729. The largest absolute Gasteiger partial charge is 0.338 e. The lowest BCUT2D eigenvalue weighted by atomic mass is 10.1. The van der Waals surface area contributed by atoms with E-state index in [0.29, 0.717) is 0 Å². The number of nitrogens with zero attached hydrogens (tertiary/aromatic N) is 3. The zero-order valence-electron chi connectivity index (χ0n) is 11.9. The Bertz CT molecular complexity index is 623. The fourth-order valence-electron chi connectivity index (χ4n) is 2.68. The molecule has 0 unspecified atom stereocenters. The minimum Gasteiger partial charge on any atom is -0.338 e. The highest BCUT2D eigenvalue weighted by Crippen LogP contribution is 2.29. The third-order valence-corrected chi connectivity index (χ3v) is 4.81. The Morgan fingerprint density at radius 2 is 2.00 bits per heavy atom. The second-order valence-corrected chi connectivity index (χ2v) is 6.40. The molecule has 0 N–H and O–H groups in total. The number of carbonyl (C=O) groups excluding carboxylic acids is 1. The fourth-order valence-corrected chi connectivity index (χ4v) is 3.71. The molecule has 5 heteroatoms. The molecule has 0 aromatic carbocycles. The first-order chi connectivity index (χ1) is 9.65. The molecule has 3 heterocycles. The Labute approximate surface area is 123 Å². The van der Waals surface area contributed by atoms with Crippen molar-refractivity contribution in [2.75, 3.05) is 13.1 Å². The Morgan fingerprint density at radius 1 is 1.25 bits per heavy atom. The molecule has 2 aromatic heterocycles. The monoisotopic (exact) mass is 289 g/mol. The van der Waals surface area contributed by atoms with Crippen LogP contribution in [0.5, 0.6) is 0 Å². The second-order valence-electron chi connectivity index (χ2n) is 5.31. The first-order valence-electron chi connectivity index (χ1n) is 7.05. The lowest BCUT2D eigenvalue weighted by Gasteiger charge is -2.26. The van der Waals surface area contributed by atoms with Crippen LogP contribution in [-0.2, 0) is 7.05 Å². The summed E-state index contributed by atoms with van der Waals surface area (Å²) in [6.07, 6.45) is 3.50. The summed E-state index contributed by atoms with van der Waals surface area (Å²) in [4.78, 5) is 16.4. The second kappa shape index (κ2) is 5.40. The molecule has 0 bridgehead atoms. The van der Waals surface area contributed by atoms with E-state index in [-0.39, 0.29) is 5.91 Å². The van der Waals surface area contributed by atoms with Gasteiger partial charge in [-0.05, 0) is 44.4 Å². The van der Waals surface area contributed by atoms with E-state index < -0.39 is 0 Å². The summed E-state index contributed by atoms with van der Waals surface area (Å²) in [5, 5.41) is 4.36. The van der Waals surface area contributed by atoms with Crippen LogP contribution >= 0.6 is 11.3 Å². The van der Waals surface area contributed by atoms with E-state index in [4.69, 9.17) is 0 Å². The van der Waals surface area contributed by atoms with Gasteiger partial charge in [-0.3, -0.25) is 9.48 Å². The molecule has 1 saturated heterocycles. The molecule has 20 heavy (non-hydrogen) atoms. The molecule has 2 aromatic rings. The highest BCUT2D eigenvalue weighted by molar-refractivity contribution is 7.17. The molecule has 4 nitrogen and oxygen atoms in total. The quantitative estimate of drug-likeness (QED) is 0.852. The number of carbonyl (C=O) groups is 1. The maximum Gasteiger partial charge on any atom is 0.263 e. The number of piperidine rings is 1. The maximum atomic E-state index is 12.4. The third-order valence-electron chi connectivity index (χ3n) is 3.71. The smallest absolute Gasteiger partial charge is 0.263 e. The average Bonchev–Trinajstić information content (AvgIpc) is 3.05. The number of amides is 1. The molecule has 1 amide bonds. The van der Waals surface area contributed by atoms with Gasteiger partial charge in [0.15, 0.2) is 0 Å². The summed E-state index contributed by atoms with van der Waals surface area (Å²) in [5.41, 5.74) is 2.07. The van der Waals surface area contributed by atoms with E-state index in [2.05, 4.69) is 11.2 Å². The predicted molar refractivity (Wildman–Crippen MR) is 81.0 cm³/mol. The molecular weight excluding hydrogens is 270 g/mol. The molecule has 106 valence electrons. The van der Waals surface area contributed by atoms with Crippen molar-refractivity contribution in [1.82, 2.24) is 14.7 Å². The molecule has 0 aliphatic carbocycles. The average molecular weight is 289 g/mol. The summed E-state index contributed by atoms with van der Waals surface area (Å²) in [7, 11) is 1.94. The van der Waals surface area contributed by atoms with Crippen LogP contribution < -0.4 is 0 Å². The Kier molecular flexibility index (Phi) is 3.61. The predicted octanol–water partition coefficient (Wildman–Crippen LogP) is 3.08. The Hall–Kier alpha value is -1.62. The van der Waals surface area contributed by atoms with Crippen molar-refractivity contribution in [3.8, 4) is 10.6 Å². The van der Waals surface area contributed by atoms with Gasteiger partial charge in [-0.15, -0.1) is 11.3 Å². The molecular formula is C15H19N3OS. The van der Waals surface area contributed by atoms with E-state index in [1.165, 1.54) is 6.42 Å². The van der Waals surface area contributed by atoms with E-state index >= 15 is 0 Å². The van der Waals surface area contributed by atoms with Crippen LogP contribution in [0.2, 0.25) is 0 Å². The van der Waals surface area contributed by atoms with Crippen LogP contribution in [0.4, 0.5) is 0 Å². The van der Waals surface area contributed by atoms with Gasteiger partial charge >= 0.3 is 0 Å². The van der Waals surface area contributed by atoms with Crippen LogP contribution in [0.3, 0.4) is 0 Å². The molecule has 3 rings (SSSR count). The summed E-state index contributed by atoms with van der Waals surface area (Å²) < 4.78 is 1.87. The first-order valence-corrected chi connectivity index (χ1v) is 7.87. The number of hydrogen-bond donors (Lipinski definition) is 0. The molecule has 1 fully saturated rings. The highest BCUT2D eigenvalue weighted by Gasteiger charge is 2.20. The molecule has 0 saturated carbocycles. The first kappa shape index (κ1) is 13.4. The van der Waals surface area contributed by atoms with Crippen molar-refractivity contribution < 1.29 is 4.79 Å². The van der Waals surface area contributed by atoms with Crippen LogP contribution in [0.15, 0.2) is 18.2 Å². The molecule has 0 spiro atoms. The van der Waals surface area contributed by atoms with Gasteiger partial charge < -0.3 is 4.90 Å². The van der Waals surface area contributed by atoms with Crippen molar-refractivity contribution >= 4 is 17.2 Å². The van der Waals surface area contributed by atoms with Crippen LogP contribution in [0, 0.1) is 6.92 Å². The van der Waals surface area contributed by atoms with E-state index in [1.54, 1.807) is 11.3 Å². The number of likely N-dealkylation sites (tertiary alicyclic amines) is 1. The summed E-state index contributed by atoms with van der Waals surface area (Å²) in [5.74, 6) is 0.180. The van der Waals surface area contributed by atoms with Crippen molar-refractivity contribution in [1.29, 1.82) is 0 Å². The zero-order valence-corrected chi connectivity index (χ0v) is 12.7. The molecule has 1 aliphatic rings. The van der Waals surface area contributed by atoms with Gasteiger partial charge in [0.1, 0.15) is 0 Å². The summed E-state index contributed by atoms with van der Waals surface area (Å²) in [6.45, 7) is 3.78. The van der Waals surface area contributed by atoms with Gasteiger partial charge in [-0.25, -0.2) is 0 Å². The number of aryl methyl sites for hydroxylation is 2. The molecule has 0 radical (unpaired) electrons. The van der Waals surface area contributed by atoms with Crippen molar-refractivity contribution in [2.45, 2.75) is 26.2 Å². The maximum absolute atomic E-state index is 12.4. The van der Waals surface area contributed by atoms with Gasteiger partial charge in [0.2, 0.25) is 0 Å². The number of rotatable bonds is 2. The topological polar surface area (TPSA) is 38.1 Å². The van der Waals surface area contributed by atoms with Crippen LogP contribution in [-0.4, -0.2) is 33.7 Å². The standard InChI is InChI=1S/C15H19N3OS/c1-11-10-12(17(2)16-11)13-6-7-14(20-13)15(19)18-8-4-3-5-9-18/h6-7,10H,3-5,8-9H2,1-2H3. The molecule has 1 aliphatic heterocycles. The minimum absolute atomic E-state index is 0.180. The minimum atomic E-state index is 0.180. The number of aromatic nitrogens is 2. The lowest BCUT2D eigenvalue weighted by Crippen LogP contribution is -2.35. The van der Waals surface area contributed by atoms with Crippen LogP contribution in [0.1, 0.15) is 34.6 Å². The molecule has 0 atom stereocenters. The van der Waals surface area contributed by atoms with E-state index in [0.717, 1.165) is 47.1 Å². The fraction of sp³-hybridized carbons (Fsp3) is 0.467. The normalized spacial score (nSPS) is 15.6. The van der Waals surface area contributed by atoms with Gasteiger partial charge in [-0.1, -0.05) is 0 Å². The summed E-state index contributed by atoms with van der Waals surface area (Å²) >= 11 is 1.56. The van der Waals surface area contributed by atoms with E-state index in [9.17, 15) is 4.79 Å². The van der Waals surface area contributed by atoms with Gasteiger partial charge in [0, 0.05) is 20.1 Å². The Balaban J connectivity index is 1.83. The van der Waals surface area contributed by atoms with Gasteiger partial charge in [-0.2, -0.15) is 5.10 Å². The van der Waals surface area contributed by atoms with Crippen molar-refractivity contribution in [3.63, 3.8) is 0 Å².